The fourth-order valence-corrected chi connectivity index (χ4v) is 2.43. The highest BCUT2D eigenvalue weighted by atomic mass is 35.5. The maximum Gasteiger partial charge on any atom is 0.244 e. The minimum absolute atomic E-state index is 0.0939. The van der Waals surface area contributed by atoms with Gasteiger partial charge in [-0.05, 0) is 48.9 Å². The predicted octanol–water partition coefficient (Wildman–Crippen LogP) is 3.47. The number of nitrogens with zero attached hydrogens (tertiary/aromatic N) is 2. The number of amides is 2. The second kappa shape index (κ2) is 9.73. The van der Waals surface area contributed by atoms with Gasteiger partial charge in [0.15, 0.2) is 0 Å². The molecule has 0 saturated heterocycles. The zero-order chi connectivity index (χ0) is 19.8. The van der Waals surface area contributed by atoms with Gasteiger partial charge in [0.05, 0.1) is 12.8 Å². The summed E-state index contributed by atoms with van der Waals surface area (Å²) in [5.41, 5.74) is 5.58. The number of nitrogens with one attached hydrogen (secondary N) is 2. The van der Waals surface area contributed by atoms with Gasteiger partial charge in [0, 0.05) is 36.2 Å². The number of hydrogen-bond donors (Lipinski definition) is 2. The Labute approximate surface area is 164 Å². The molecule has 0 aromatic heterocycles. The van der Waals surface area contributed by atoms with Crippen molar-refractivity contribution in [3.8, 4) is 0 Å². The van der Waals surface area contributed by atoms with Crippen molar-refractivity contribution >= 4 is 40.5 Å². The first-order valence-corrected chi connectivity index (χ1v) is 8.85. The molecule has 0 aliphatic heterocycles. The predicted molar refractivity (Wildman–Crippen MR) is 110 cm³/mol. The number of carbonyl (C=O) groups is 2. The van der Waals surface area contributed by atoms with Crippen molar-refractivity contribution in [3.05, 3.63) is 59.1 Å². The average Bonchev–Trinajstić information content (AvgIpc) is 2.62. The number of hydrazone groups is 1. The normalized spacial score (nSPS) is 11.0. The molecule has 0 saturated carbocycles. The van der Waals surface area contributed by atoms with Gasteiger partial charge >= 0.3 is 0 Å². The molecule has 0 unspecified atom stereocenters. The summed E-state index contributed by atoms with van der Waals surface area (Å²) in [4.78, 5) is 26.0. The van der Waals surface area contributed by atoms with Crippen LogP contribution in [0, 0.1) is 0 Å². The maximum absolute atomic E-state index is 12.1. The second-order valence-electron chi connectivity index (χ2n) is 6.35. The van der Waals surface area contributed by atoms with Gasteiger partial charge in [0.1, 0.15) is 0 Å². The highest BCUT2D eigenvalue weighted by molar-refractivity contribution is 6.30. The van der Waals surface area contributed by atoms with Crippen LogP contribution >= 0.6 is 11.6 Å². The molecule has 0 bridgehead atoms. The van der Waals surface area contributed by atoms with Gasteiger partial charge in [-0.2, -0.15) is 5.10 Å². The topological polar surface area (TPSA) is 73.8 Å². The molecule has 2 amide bonds. The van der Waals surface area contributed by atoms with Crippen LogP contribution < -0.4 is 15.6 Å². The van der Waals surface area contributed by atoms with Crippen LogP contribution in [0.15, 0.2) is 53.6 Å². The van der Waals surface area contributed by atoms with Crippen LogP contribution in [0.25, 0.3) is 0 Å². The summed E-state index contributed by atoms with van der Waals surface area (Å²) in [6.45, 7) is 1.69. The monoisotopic (exact) mass is 386 g/mol. The Hall–Kier alpha value is -2.86. The van der Waals surface area contributed by atoms with Crippen LogP contribution in [0.4, 0.5) is 11.4 Å². The summed E-state index contributed by atoms with van der Waals surface area (Å²) in [5, 5.41) is 7.41. The van der Waals surface area contributed by atoms with Crippen molar-refractivity contribution in [3.63, 3.8) is 0 Å². The number of hydrogen-bond acceptors (Lipinski definition) is 4. The first-order chi connectivity index (χ1) is 12.8. The first-order valence-electron chi connectivity index (χ1n) is 8.47. The Balaban J connectivity index is 1.80. The summed E-state index contributed by atoms with van der Waals surface area (Å²) in [6.07, 6.45) is 0.287. The Bertz CT molecular complexity index is 815. The third-order valence-corrected chi connectivity index (χ3v) is 3.99. The van der Waals surface area contributed by atoms with Crippen LogP contribution in [0.5, 0.6) is 0 Å². The summed E-state index contributed by atoms with van der Waals surface area (Å²) in [7, 11) is 3.91. The number of carbonyl (C=O) groups excluding carboxylic acids is 2. The lowest BCUT2D eigenvalue weighted by atomic mass is 10.1. The van der Waals surface area contributed by atoms with E-state index in [1.807, 2.05) is 43.3 Å². The van der Waals surface area contributed by atoms with Gasteiger partial charge < -0.3 is 10.2 Å². The molecule has 142 valence electrons. The second-order valence-corrected chi connectivity index (χ2v) is 6.79. The van der Waals surface area contributed by atoms with Crippen LogP contribution in [0.3, 0.4) is 0 Å². The number of rotatable bonds is 7. The van der Waals surface area contributed by atoms with Crippen LogP contribution in [0.1, 0.15) is 18.9 Å². The van der Waals surface area contributed by atoms with E-state index in [0.717, 1.165) is 11.3 Å². The van der Waals surface area contributed by atoms with Gasteiger partial charge in [0.25, 0.3) is 0 Å². The fourth-order valence-electron chi connectivity index (χ4n) is 2.30. The van der Waals surface area contributed by atoms with Gasteiger partial charge in [-0.3, -0.25) is 9.59 Å². The molecule has 0 aliphatic rings. The summed E-state index contributed by atoms with van der Waals surface area (Å²) < 4.78 is 0. The molecule has 2 rings (SSSR count). The maximum atomic E-state index is 12.1. The fraction of sp³-hybridized carbons (Fsp3) is 0.250. The van der Waals surface area contributed by atoms with Crippen molar-refractivity contribution in [1.29, 1.82) is 0 Å². The minimum Gasteiger partial charge on any atom is -0.378 e. The molecule has 27 heavy (non-hydrogen) atoms. The molecular weight excluding hydrogens is 364 g/mol. The highest BCUT2D eigenvalue weighted by Gasteiger charge is 2.07. The van der Waals surface area contributed by atoms with Crippen molar-refractivity contribution < 1.29 is 9.59 Å². The van der Waals surface area contributed by atoms with Crippen LogP contribution in [0.2, 0.25) is 5.02 Å². The van der Waals surface area contributed by atoms with E-state index in [4.69, 9.17) is 11.6 Å². The lowest BCUT2D eigenvalue weighted by Gasteiger charge is -2.13. The summed E-state index contributed by atoms with van der Waals surface area (Å²) in [6, 6.07) is 14.6. The van der Waals surface area contributed by atoms with E-state index in [2.05, 4.69) is 15.8 Å². The van der Waals surface area contributed by atoms with Crippen LogP contribution in [-0.4, -0.2) is 31.6 Å². The molecule has 0 fully saturated rings. The Morgan fingerprint density at radius 1 is 1.00 bits per heavy atom. The summed E-state index contributed by atoms with van der Waals surface area (Å²) in [5.74, 6) is -0.447. The third kappa shape index (κ3) is 7.11. The standard InChI is InChI=1S/C20H23ClN4O2/c1-14(23-24-20(27)13-15-4-6-16(21)7-5-15)12-19(26)22-17-8-10-18(11-9-17)25(2)3/h4-11H,12-13H2,1-3H3,(H,22,26)(H,24,27). The largest absolute Gasteiger partial charge is 0.378 e. The van der Waals surface area contributed by atoms with E-state index < -0.39 is 0 Å². The SMILES string of the molecule is CC(CC(=O)Nc1ccc(N(C)C)cc1)=NNC(=O)Cc1ccc(Cl)cc1. The van der Waals surface area contributed by atoms with E-state index >= 15 is 0 Å². The van der Waals surface area contributed by atoms with Crippen LogP contribution in [-0.2, 0) is 16.0 Å². The third-order valence-electron chi connectivity index (χ3n) is 3.73. The molecule has 7 heteroatoms. The van der Waals surface area contributed by atoms with E-state index in [-0.39, 0.29) is 24.7 Å². The first kappa shape index (κ1) is 20.5. The zero-order valence-electron chi connectivity index (χ0n) is 15.6. The lowest BCUT2D eigenvalue weighted by molar-refractivity contribution is -0.120. The molecule has 0 atom stereocenters. The van der Waals surface area contributed by atoms with E-state index in [1.54, 1.807) is 31.2 Å². The molecule has 2 N–H and O–H groups in total. The smallest absolute Gasteiger partial charge is 0.244 e. The molecule has 2 aromatic carbocycles. The number of benzene rings is 2. The lowest BCUT2D eigenvalue weighted by Crippen LogP contribution is -2.22. The van der Waals surface area contributed by atoms with Gasteiger partial charge in [-0.15, -0.1) is 0 Å². The molecule has 0 heterocycles. The molecule has 0 radical (unpaired) electrons. The Morgan fingerprint density at radius 2 is 1.63 bits per heavy atom. The minimum atomic E-state index is -0.253. The van der Waals surface area contributed by atoms with Crippen molar-refractivity contribution in [2.45, 2.75) is 19.8 Å². The van der Waals surface area contributed by atoms with Gasteiger partial charge in [-0.1, -0.05) is 23.7 Å². The van der Waals surface area contributed by atoms with Crippen molar-refractivity contribution in [1.82, 2.24) is 5.43 Å². The molecule has 6 nitrogen and oxygen atoms in total. The number of halogens is 1. The summed E-state index contributed by atoms with van der Waals surface area (Å²) >= 11 is 5.82. The van der Waals surface area contributed by atoms with Gasteiger partial charge in [0.2, 0.25) is 11.8 Å². The van der Waals surface area contributed by atoms with E-state index in [0.29, 0.717) is 16.4 Å². The molecule has 0 spiro atoms. The zero-order valence-corrected chi connectivity index (χ0v) is 16.4. The van der Waals surface area contributed by atoms with E-state index in [9.17, 15) is 9.59 Å². The average molecular weight is 387 g/mol. The number of anilines is 2. The Morgan fingerprint density at radius 3 is 2.22 bits per heavy atom. The van der Waals surface area contributed by atoms with Crippen molar-refractivity contribution in [2.24, 2.45) is 5.10 Å². The van der Waals surface area contributed by atoms with E-state index in [1.165, 1.54) is 0 Å². The highest BCUT2D eigenvalue weighted by Crippen LogP contribution is 2.15. The molecule has 2 aromatic rings. The molecular formula is C20H23ClN4O2. The molecule has 0 aliphatic carbocycles. The Kier molecular flexibility index (Phi) is 7.37. The quantitative estimate of drug-likeness (QED) is 0.565. The van der Waals surface area contributed by atoms with Crippen molar-refractivity contribution in [2.75, 3.05) is 24.3 Å². The van der Waals surface area contributed by atoms with Gasteiger partial charge in [-0.25, -0.2) is 5.43 Å².